The average molecular weight is 499 g/mol. The van der Waals surface area contributed by atoms with Crippen LogP contribution in [0.2, 0.25) is 5.02 Å². The average Bonchev–Trinajstić information content (AvgIpc) is 2.88. The zero-order valence-corrected chi connectivity index (χ0v) is 20.7. The number of oxime groups is 1. The van der Waals surface area contributed by atoms with E-state index in [9.17, 15) is 4.79 Å². The Balaban J connectivity index is 1.56. The normalized spacial score (nSPS) is 11.6. The van der Waals surface area contributed by atoms with Crippen LogP contribution in [0.5, 0.6) is 23.0 Å². The Morgan fingerprint density at radius 1 is 0.914 bits per heavy atom. The summed E-state index contributed by atoms with van der Waals surface area (Å²) in [5.74, 6) is 1.84. The summed E-state index contributed by atoms with van der Waals surface area (Å²) in [5, 5.41) is 7.36. The molecule has 1 amide bonds. The molecule has 0 saturated carbocycles. The number of nitrogens with zero attached hydrogens (tertiary/aromatic N) is 1. The Labute approximate surface area is 209 Å². The van der Waals surface area contributed by atoms with Crippen LogP contribution >= 0.6 is 11.6 Å². The predicted octanol–water partition coefficient (Wildman–Crippen LogP) is 5.32. The molecule has 0 aromatic heterocycles. The van der Waals surface area contributed by atoms with Crippen LogP contribution in [-0.4, -0.2) is 39.6 Å². The van der Waals surface area contributed by atoms with E-state index in [-0.39, 0.29) is 5.91 Å². The van der Waals surface area contributed by atoms with Crippen molar-refractivity contribution < 1.29 is 28.6 Å². The summed E-state index contributed by atoms with van der Waals surface area (Å²) in [4.78, 5) is 17.8. The fourth-order valence-corrected chi connectivity index (χ4v) is 3.14. The lowest BCUT2D eigenvalue weighted by molar-refractivity contribution is -0.126. The molecule has 0 radical (unpaired) electrons. The number of methoxy groups -OCH3 is 3. The molecule has 0 aliphatic carbocycles. The number of hydrogen-bond donors (Lipinski definition) is 1. The summed E-state index contributed by atoms with van der Waals surface area (Å²) in [6, 6.07) is 17.8. The van der Waals surface area contributed by atoms with E-state index < -0.39 is 6.10 Å². The van der Waals surface area contributed by atoms with Crippen molar-refractivity contribution in [2.24, 2.45) is 5.16 Å². The molecule has 184 valence electrons. The Bertz CT molecular complexity index is 1170. The number of halogens is 1. The van der Waals surface area contributed by atoms with E-state index in [0.29, 0.717) is 45.9 Å². The van der Waals surface area contributed by atoms with Gasteiger partial charge in [-0.2, -0.15) is 0 Å². The second kappa shape index (κ2) is 12.5. The zero-order valence-electron chi connectivity index (χ0n) is 19.9. The van der Waals surface area contributed by atoms with Gasteiger partial charge in [0.1, 0.15) is 6.61 Å². The molecular weight excluding hydrogens is 472 g/mol. The SMILES string of the molecule is COc1ccc(NC(=O)C(C)O/N=C/c2ccc(OCc3ccc(Cl)cc3)c(OC)c2)cc1OC. The van der Waals surface area contributed by atoms with Crippen LogP contribution in [0.25, 0.3) is 0 Å². The first-order valence-corrected chi connectivity index (χ1v) is 11.1. The lowest BCUT2D eigenvalue weighted by Gasteiger charge is -2.13. The number of carbonyl (C=O) groups is 1. The standard InChI is InChI=1S/C26H27ClN2O6/c1-17(26(30)29-21-10-12-22(31-2)25(14-21)33-4)35-28-15-19-7-11-23(24(13-19)32-3)34-16-18-5-8-20(27)9-6-18/h5-15,17H,16H2,1-4H3,(H,29,30)/b28-15+. The number of nitrogens with one attached hydrogen (secondary N) is 1. The highest BCUT2D eigenvalue weighted by Gasteiger charge is 2.15. The molecule has 0 aliphatic heterocycles. The second-order valence-electron chi connectivity index (χ2n) is 7.37. The fraction of sp³-hybridized carbons (Fsp3) is 0.231. The van der Waals surface area contributed by atoms with Crippen molar-refractivity contribution in [2.45, 2.75) is 19.6 Å². The van der Waals surface area contributed by atoms with Crippen LogP contribution in [0.4, 0.5) is 5.69 Å². The van der Waals surface area contributed by atoms with E-state index in [1.807, 2.05) is 24.3 Å². The molecule has 35 heavy (non-hydrogen) atoms. The minimum atomic E-state index is -0.830. The maximum atomic E-state index is 12.4. The van der Waals surface area contributed by atoms with Gasteiger partial charge in [0.05, 0.1) is 27.5 Å². The number of ether oxygens (including phenoxy) is 4. The van der Waals surface area contributed by atoms with Gasteiger partial charge in [0, 0.05) is 22.3 Å². The molecule has 0 aliphatic rings. The highest BCUT2D eigenvalue weighted by molar-refractivity contribution is 6.30. The van der Waals surface area contributed by atoms with E-state index in [4.69, 9.17) is 35.4 Å². The number of anilines is 1. The third-order valence-corrected chi connectivity index (χ3v) is 5.19. The summed E-state index contributed by atoms with van der Waals surface area (Å²) in [6.45, 7) is 1.97. The maximum Gasteiger partial charge on any atom is 0.267 e. The first kappa shape index (κ1) is 25.7. The number of carbonyl (C=O) groups excluding carboxylic acids is 1. The van der Waals surface area contributed by atoms with Crippen LogP contribution in [0.15, 0.2) is 65.8 Å². The first-order valence-electron chi connectivity index (χ1n) is 10.7. The van der Waals surface area contributed by atoms with E-state index >= 15 is 0 Å². The van der Waals surface area contributed by atoms with E-state index in [2.05, 4.69) is 10.5 Å². The molecule has 0 spiro atoms. The Morgan fingerprint density at radius 2 is 1.57 bits per heavy atom. The molecule has 1 unspecified atom stereocenters. The van der Waals surface area contributed by atoms with Gasteiger partial charge in [0.2, 0.25) is 6.10 Å². The van der Waals surface area contributed by atoms with E-state index in [1.165, 1.54) is 13.3 Å². The molecule has 1 N–H and O–H groups in total. The van der Waals surface area contributed by atoms with Gasteiger partial charge in [0.25, 0.3) is 5.91 Å². The van der Waals surface area contributed by atoms with Gasteiger partial charge >= 0.3 is 0 Å². The minimum Gasteiger partial charge on any atom is -0.493 e. The van der Waals surface area contributed by atoms with Gasteiger partial charge in [-0.25, -0.2) is 0 Å². The zero-order chi connectivity index (χ0) is 25.2. The fourth-order valence-electron chi connectivity index (χ4n) is 3.01. The van der Waals surface area contributed by atoms with Gasteiger partial charge in [0.15, 0.2) is 23.0 Å². The molecule has 3 aromatic rings. The van der Waals surface area contributed by atoms with Crippen molar-refractivity contribution in [3.05, 3.63) is 76.8 Å². The summed E-state index contributed by atoms with van der Waals surface area (Å²) < 4.78 is 21.7. The van der Waals surface area contributed by atoms with Gasteiger partial charge in [-0.15, -0.1) is 0 Å². The lowest BCUT2D eigenvalue weighted by atomic mass is 10.2. The van der Waals surface area contributed by atoms with Gasteiger partial charge in [-0.1, -0.05) is 28.9 Å². The maximum absolute atomic E-state index is 12.4. The third kappa shape index (κ3) is 7.28. The highest BCUT2D eigenvalue weighted by Crippen LogP contribution is 2.30. The summed E-state index contributed by atoms with van der Waals surface area (Å²) in [6.07, 6.45) is 0.661. The smallest absolute Gasteiger partial charge is 0.267 e. The number of hydrogen-bond acceptors (Lipinski definition) is 7. The van der Waals surface area contributed by atoms with Crippen molar-refractivity contribution in [1.82, 2.24) is 0 Å². The number of amides is 1. The molecule has 0 heterocycles. The Morgan fingerprint density at radius 3 is 2.26 bits per heavy atom. The highest BCUT2D eigenvalue weighted by atomic mass is 35.5. The van der Waals surface area contributed by atoms with Crippen molar-refractivity contribution in [2.75, 3.05) is 26.6 Å². The lowest BCUT2D eigenvalue weighted by Crippen LogP contribution is -2.26. The van der Waals surface area contributed by atoms with Crippen molar-refractivity contribution in [3.63, 3.8) is 0 Å². The van der Waals surface area contributed by atoms with Gasteiger partial charge < -0.3 is 29.1 Å². The third-order valence-electron chi connectivity index (χ3n) is 4.94. The second-order valence-corrected chi connectivity index (χ2v) is 7.80. The predicted molar refractivity (Wildman–Crippen MR) is 135 cm³/mol. The molecule has 0 fully saturated rings. The van der Waals surface area contributed by atoms with Crippen molar-refractivity contribution in [3.8, 4) is 23.0 Å². The van der Waals surface area contributed by atoms with Crippen LogP contribution in [0.3, 0.4) is 0 Å². The largest absolute Gasteiger partial charge is 0.493 e. The minimum absolute atomic E-state index is 0.363. The van der Waals surface area contributed by atoms with Crippen LogP contribution in [0, 0.1) is 0 Å². The Kier molecular flexibility index (Phi) is 9.20. The van der Waals surface area contributed by atoms with Gasteiger partial charge in [-0.3, -0.25) is 4.79 Å². The van der Waals surface area contributed by atoms with Crippen LogP contribution in [-0.2, 0) is 16.2 Å². The van der Waals surface area contributed by atoms with E-state index in [1.54, 1.807) is 57.5 Å². The van der Waals surface area contributed by atoms with Crippen LogP contribution in [0.1, 0.15) is 18.1 Å². The molecule has 1 atom stereocenters. The topological polar surface area (TPSA) is 87.6 Å². The molecule has 8 nitrogen and oxygen atoms in total. The van der Waals surface area contributed by atoms with Crippen molar-refractivity contribution in [1.29, 1.82) is 0 Å². The van der Waals surface area contributed by atoms with Crippen LogP contribution < -0.4 is 24.3 Å². The summed E-state index contributed by atoms with van der Waals surface area (Å²) in [5.41, 5.74) is 2.25. The Hall–Kier alpha value is -3.91. The summed E-state index contributed by atoms with van der Waals surface area (Å²) >= 11 is 5.92. The molecule has 3 aromatic carbocycles. The molecule has 0 saturated heterocycles. The molecule has 3 rings (SSSR count). The number of rotatable bonds is 11. The van der Waals surface area contributed by atoms with E-state index in [0.717, 1.165) is 5.56 Å². The quantitative estimate of drug-likeness (QED) is 0.284. The number of benzene rings is 3. The van der Waals surface area contributed by atoms with Crippen molar-refractivity contribution >= 4 is 29.4 Å². The molecular formula is C26H27ClN2O6. The first-order chi connectivity index (χ1) is 16.9. The monoisotopic (exact) mass is 498 g/mol. The molecule has 0 bridgehead atoms. The summed E-state index contributed by atoms with van der Waals surface area (Å²) in [7, 11) is 4.63. The van der Waals surface area contributed by atoms with Gasteiger partial charge in [-0.05, 0) is 55.0 Å². The molecule has 9 heteroatoms.